The van der Waals surface area contributed by atoms with Crippen LogP contribution >= 0.6 is 0 Å². The molecule has 0 atom stereocenters. The summed E-state index contributed by atoms with van der Waals surface area (Å²) in [7, 11) is 0. The van der Waals surface area contributed by atoms with E-state index in [4.69, 9.17) is 0 Å². The van der Waals surface area contributed by atoms with Gasteiger partial charge in [0.05, 0.1) is 6.54 Å². The van der Waals surface area contributed by atoms with Crippen LogP contribution in [-0.4, -0.2) is 26.8 Å². The van der Waals surface area contributed by atoms with Gasteiger partial charge in [-0.1, -0.05) is 37.8 Å². The molecule has 1 aromatic heterocycles. The van der Waals surface area contributed by atoms with Gasteiger partial charge in [0.25, 0.3) is 0 Å². The minimum Gasteiger partial charge on any atom is -0.335 e. The van der Waals surface area contributed by atoms with E-state index < -0.39 is 0 Å². The van der Waals surface area contributed by atoms with Crippen LogP contribution in [0.3, 0.4) is 0 Å². The molecule has 0 spiro atoms. The Bertz CT molecular complexity index is 853. The van der Waals surface area contributed by atoms with Crippen molar-refractivity contribution in [3.05, 3.63) is 41.0 Å². The largest absolute Gasteiger partial charge is 0.335 e. The van der Waals surface area contributed by atoms with Crippen LogP contribution in [-0.2, 0) is 19.5 Å². The van der Waals surface area contributed by atoms with Crippen LogP contribution in [0.1, 0.15) is 74.1 Å². The Morgan fingerprint density at radius 1 is 1.10 bits per heavy atom. The molecule has 1 aromatic carbocycles. The average molecular weight is 396 g/mol. The van der Waals surface area contributed by atoms with Gasteiger partial charge in [0, 0.05) is 24.7 Å². The van der Waals surface area contributed by atoms with Crippen LogP contribution in [0.15, 0.2) is 18.2 Å². The smallest absolute Gasteiger partial charge is 0.322 e. The highest BCUT2D eigenvalue weighted by atomic mass is 16.2. The summed E-state index contributed by atoms with van der Waals surface area (Å²) in [4.78, 5) is 15.3. The first-order valence-electron chi connectivity index (χ1n) is 11.2. The number of aromatic nitrogens is 3. The maximum atomic E-state index is 13.4. The van der Waals surface area contributed by atoms with E-state index in [1.54, 1.807) is 0 Å². The molecule has 2 amide bonds. The molecule has 1 saturated carbocycles. The number of carbonyl (C=O) groups is 1. The Balaban J connectivity index is 1.62. The SMILES string of the molecule is Cc1cccc(N(Cc2nnc3n2CCCCC3)C(=O)NC2CCCCC2)c1C. The molecule has 156 valence electrons. The zero-order valence-corrected chi connectivity index (χ0v) is 17.8. The van der Waals surface area contributed by atoms with Crippen LogP contribution in [0.25, 0.3) is 0 Å². The summed E-state index contributed by atoms with van der Waals surface area (Å²) >= 11 is 0. The second-order valence-corrected chi connectivity index (χ2v) is 8.58. The van der Waals surface area contributed by atoms with Gasteiger partial charge in [-0.25, -0.2) is 4.79 Å². The molecule has 0 bridgehead atoms. The maximum absolute atomic E-state index is 13.4. The molecule has 2 aromatic rings. The molecule has 4 rings (SSSR count). The van der Waals surface area contributed by atoms with Crippen molar-refractivity contribution in [1.29, 1.82) is 0 Å². The number of aryl methyl sites for hydroxylation is 2. The summed E-state index contributed by atoms with van der Waals surface area (Å²) < 4.78 is 2.24. The van der Waals surface area contributed by atoms with Gasteiger partial charge >= 0.3 is 6.03 Å². The number of benzene rings is 1. The summed E-state index contributed by atoms with van der Waals surface area (Å²) in [5, 5.41) is 12.2. The number of anilines is 1. The minimum atomic E-state index is -0.0171. The Kier molecular flexibility index (Phi) is 6.16. The summed E-state index contributed by atoms with van der Waals surface area (Å²) in [6.07, 6.45) is 10.4. The minimum absolute atomic E-state index is 0.0171. The van der Waals surface area contributed by atoms with Crippen LogP contribution in [0.2, 0.25) is 0 Å². The zero-order valence-electron chi connectivity index (χ0n) is 17.8. The standard InChI is InChI=1S/C23H33N5O/c1-17-10-9-13-20(18(17)2)28(23(29)24-19-11-5-3-6-12-19)16-22-26-25-21-14-7-4-8-15-27(21)22/h9-10,13,19H,3-8,11-12,14-16H2,1-2H3,(H,24,29). The van der Waals surface area contributed by atoms with Crippen molar-refractivity contribution in [2.45, 2.75) is 90.8 Å². The molecule has 2 heterocycles. The van der Waals surface area contributed by atoms with Crippen molar-refractivity contribution in [3.63, 3.8) is 0 Å². The predicted octanol–water partition coefficient (Wildman–Crippen LogP) is 4.67. The lowest BCUT2D eigenvalue weighted by Gasteiger charge is -2.29. The van der Waals surface area contributed by atoms with E-state index in [0.29, 0.717) is 6.54 Å². The Morgan fingerprint density at radius 2 is 1.90 bits per heavy atom. The first-order valence-corrected chi connectivity index (χ1v) is 11.2. The van der Waals surface area contributed by atoms with Crippen molar-refractivity contribution in [2.24, 2.45) is 0 Å². The fraction of sp³-hybridized carbons (Fsp3) is 0.609. The Morgan fingerprint density at radius 3 is 2.72 bits per heavy atom. The highest BCUT2D eigenvalue weighted by Crippen LogP contribution is 2.26. The highest BCUT2D eigenvalue weighted by Gasteiger charge is 2.25. The van der Waals surface area contributed by atoms with Gasteiger partial charge in [-0.05, 0) is 56.7 Å². The van der Waals surface area contributed by atoms with Crippen molar-refractivity contribution >= 4 is 11.7 Å². The van der Waals surface area contributed by atoms with Crippen LogP contribution in [0.5, 0.6) is 0 Å². The number of carbonyl (C=O) groups excluding carboxylic acids is 1. The molecule has 6 nitrogen and oxygen atoms in total. The van der Waals surface area contributed by atoms with E-state index >= 15 is 0 Å². The van der Waals surface area contributed by atoms with E-state index in [-0.39, 0.29) is 12.1 Å². The second kappa shape index (κ2) is 8.97. The lowest BCUT2D eigenvalue weighted by molar-refractivity contribution is 0.237. The van der Waals surface area contributed by atoms with Gasteiger partial charge < -0.3 is 9.88 Å². The van der Waals surface area contributed by atoms with Gasteiger partial charge in [-0.3, -0.25) is 4.90 Å². The van der Waals surface area contributed by atoms with Crippen molar-refractivity contribution in [1.82, 2.24) is 20.1 Å². The lowest BCUT2D eigenvalue weighted by Crippen LogP contribution is -2.46. The fourth-order valence-electron chi connectivity index (χ4n) is 4.60. The van der Waals surface area contributed by atoms with Crippen LogP contribution < -0.4 is 10.2 Å². The van der Waals surface area contributed by atoms with Gasteiger partial charge in [-0.15, -0.1) is 10.2 Å². The Labute approximate surface area is 173 Å². The number of amides is 2. The number of urea groups is 1. The van der Waals surface area contributed by atoms with Gasteiger partial charge in [0.2, 0.25) is 0 Å². The lowest BCUT2D eigenvalue weighted by atomic mass is 9.96. The predicted molar refractivity (Wildman–Crippen MR) is 115 cm³/mol. The zero-order chi connectivity index (χ0) is 20.2. The molecular formula is C23H33N5O. The number of fused-ring (bicyclic) bond motifs is 1. The normalized spacial score (nSPS) is 17.4. The molecule has 0 radical (unpaired) electrons. The third-order valence-corrected chi connectivity index (χ3v) is 6.53. The van der Waals surface area contributed by atoms with Crippen molar-refractivity contribution < 1.29 is 4.79 Å². The first-order chi connectivity index (χ1) is 14.1. The van der Waals surface area contributed by atoms with Crippen LogP contribution in [0, 0.1) is 13.8 Å². The molecule has 6 heteroatoms. The first kappa shape index (κ1) is 19.9. The van der Waals surface area contributed by atoms with Gasteiger partial charge in [-0.2, -0.15) is 0 Å². The van der Waals surface area contributed by atoms with Crippen LogP contribution in [0.4, 0.5) is 10.5 Å². The fourth-order valence-corrected chi connectivity index (χ4v) is 4.60. The van der Waals surface area contributed by atoms with Gasteiger partial charge in [0.1, 0.15) is 5.82 Å². The number of hydrogen-bond donors (Lipinski definition) is 1. The summed E-state index contributed by atoms with van der Waals surface area (Å²) in [6.45, 7) is 5.59. The molecule has 1 fully saturated rings. The number of nitrogens with one attached hydrogen (secondary N) is 1. The molecule has 0 unspecified atom stereocenters. The third kappa shape index (κ3) is 4.46. The van der Waals surface area contributed by atoms with E-state index in [2.05, 4.69) is 40.0 Å². The third-order valence-electron chi connectivity index (χ3n) is 6.53. The van der Waals surface area contributed by atoms with Crippen molar-refractivity contribution in [2.75, 3.05) is 4.90 Å². The maximum Gasteiger partial charge on any atom is 0.322 e. The summed E-state index contributed by atoms with van der Waals surface area (Å²) in [6, 6.07) is 6.43. The van der Waals surface area contributed by atoms with Crippen molar-refractivity contribution in [3.8, 4) is 0 Å². The topological polar surface area (TPSA) is 63.1 Å². The van der Waals surface area contributed by atoms with E-state index in [1.807, 2.05) is 17.0 Å². The van der Waals surface area contributed by atoms with E-state index in [0.717, 1.165) is 55.1 Å². The molecule has 0 saturated heterocycles. The number of nitrogens with zero attached hydrogens (tertiary/aromatic N) is 4. The summed E-state index contributed by atoms with van der Waals surface area (Å²) in [5.41, 5.74) is 3.30. The highest BCUT2D eigenvalue weighted by molar-refractivity contribution is 5.93. The molecule has 1 aliphatic carbocycles. The molecule has 1 N–H and O–H groups in total. The molecule has 2 aliphatic rings. The van der Waals surface area contributed by atoms with Gasteiger partial charge in [0.15, 0.2) is 5.82 Å². The molecule has 29 heavy (non-hydrogen) atoms. The molecule has 1 aliphatic heterocycles. The monoisotopic (exact) mass is 395 g/mol. The quantitative estimate of drug-likeness (QED) is 0.818. The second-order valence-electron chi connectivity index (χ2n) is 8.58. The average Bonchev–Trinajstić information content (AvgIpc) is 2.94. The Hall–Kier alpha value is -2.37. The van der Waals surface area contributed by atoms with E-state index in [1.165, 1.54) is 37.7 Å². The number of hydrogen-bond acceptors (Lipinski definition) is 3. The molecular weight excluding hydrogens is 362 g/mol. The summed E-state index contributed by atoms with van der Waals surface area (Å²) in [5.74, 6) is 1.95. The van der Waals surface area contributed by atoms with E-state index in [9.17, 15) is 4.79 Å². The number of rotatable bonds is 4.